The second-order valence-corrected chi connectivity index (χ2v) is 3.86. The largest absolute Gasteiger partial charge is 0.476 e. The Morgan fingerprint density at radius 3 is 3.00 bits per heavy atom. The summed E-state index contributed by atoms with van der Waals surface area (Å²) in [6.45, 7) is 0.948. The molecule has 0 radical (unpaired) electrons. The van der Waals surface area contributed by atoms with Gasteiger partial charge < -0.3 is 10.0 Å². The number of rotatable bonds is 2. The molecule has 2 rings (SSSR count). The van der Waals surface area contributed by atoms with Gasteiger partial charge in [0.25, 0.3) is 0 Å². The fourth-order valence-corrected chi connectivity index (χ4v) is 1.88. The predicted molar refractivity (Wildman–Crippen MR) is 60.1 cm³/mol. The molecule has 1 aliphatic heterocycles. The Morgan fingerprint density at radius 1 is 1.56 bits per heavy atom. The van der Waals surface area contributed by atoms with Crippen LogP contribution >= 0.6 is 0 Å². The molecule has 1 aliphatic rings. The van der Waals surface area contributed by atoms with E-state index in [0.29, 0.717) is 5.56 Å². The average Bonchev–Trinajstić information content (AvgIpc) is 2.60. The van der Waals surface area contributed by atoms with Crippen molar-refractivity contribution < 1.29 is 14.3 Å². The number of benzene rings is 1. The normalized spacial score (nSPS) is 15.1. The minimum atomic E-state index is -1.53. The molecule has 3 nitrogen and oxygen atoms in total. The van der Waals surface area contributed by atoms with Crippen molar-refractivity contribution in [3.8, 4) is 0 Å². The van der Waals surface area contributed by atoms with E-state index in [2.05, 4.69) is 4.90 Å². The Morgan fingerprint density at radius 2 is 2.31 bits per heavy atom. The zero-order valence-corrected chi connectivity index (χ0v) is 8.90. The van der Waals surface area contributed by atoms with E-state index in [0.717, 1.165) is 30.3 Å². The van der Waals surface area contributed by atoms with Gasteiger partial charge in [0.15, 0.2) is 0 Å². The van der Waals surface area contributed by atoms with Crippen molar-refractivity contribution in [1.82, 2.24) is 0 Å². The Kier molecular flexibility index (Phi) is 2.64. The van der Waals surface area contributed by atoms with Gasteiger partial charge in [-0.2, -0.15) is 4.39 Å². The van der Waals surface area contributed by atoms with Gasteiger partial charge in [-0.1, -0.05) is 6.07 Å². The third-order valence-corrected chi connectivity index (χ3v) is 2.73. The molecule has 0 spiro atoms. The van der Waals surface area contributed by atoms with E-state index in [9.17, 15) is 9.18 Å². The number of fused-ring (bicyclic) bond motifs is 1. The zero-order valence-electron chi connectivity index (χ0n) is 8.90. The number of hydrogen-bond acceptors (Lipinski definition) is 2. The number of carboxylic acids is 1. The summed E-state index contributed by atoms with van der Waals surface area (Å²) >= 11 is 0. The van der Waals surface area contributed by atoms with Crippen LogP contribution in [0.2, 0.25) is 0 Å². The van der Waals surface area contributed by atoms with Gasteiger partial charge in [0.05, 0.1) is 0 Å². The number of halogens is 1. The smallest absolute Gasteiger partial charge is 0.364 e. The molecular formula is C12H12FNO2. The van der Waals surface area contributed by atoms with Crippen LogP contribution in [0.3, 0.4) is 0 Å². The lowest BCUT2D eigenvalue weighted by molar-refractivity contribution is -0.134. The lowest BCUT2D eigenvalue weighted by atomic mass is 10.1. The second kappa shape index (κ2) is 3.96. The summed E-state index contributed by atoms with van der Waals surface area (Å²) < 4.78 is 12.9. The van der Waals surface area contributed by atoms with Crippen molar-refractivity contribution in [1.29, 1.82) is 0 Å². The van der Waals surface area contributed by atoms with E-state index in [4.69, 9.17) is 5.11 Å². The fourth-order valence-electron chi connectivity index (χ4n) is 1.88. The highest BCUT2D eigenvalue weighted by Gasteiger charge is 2.15. The van der Waals surface area contributed by atoms with Gasteiger partial charge in [0.1, 0.15) is 0 Å². The average molecular weight is 221 g/mol. The van der Waals surface area contributed by atoms with Gasteiger partial charge in [-0.25, -0.2) is 4.79 Å². The van der Waals surface area contributed by atoms with E-state index < -0.39 is 11.8 Å². The number of carbonyl (C=O) groups is 1. The van der Waals surface area contributed by atoms with Gasteiger partial charge in [-0.3, -0.25) is 0 Å². The molecule has 0 aliphatic carbocycles. The van der Waals surface area contributed by atoms with Crippen LogP contribution in [0.5, 0.6) is 0 Å². The Balaban J connectivity index is 2.33. The van der Waals surface area contributed by atoms with Crippen LogP contribution in [0, 0.1) is 0 Å². The molecule has 1 heterocycles. The summed E-state index contributed by atoms with van der Waals surface area (Å²) in [7, 11) is 2.00. The first-order chi connectivity index (χ1) is 7.58. The van der Waals surface area contributed by atoms with E-state index >= 15 is 0 Å². The van der Waals surface area contributed by atoms with Gasteiger partial charge in [0, 0.05) is 19.3 Å². The Hall–Kier alpha value is -1.84. The van der Waals surface area contributed by atoms with Gasteiger partial charge in [-0.05, 0) is 35.8 Å². The molecule has 0 aromatic heterocycles. The highest BCUT2D eigenvalue weighted by Crippen LogP contribution is 2.28. The molecule has 0 atom stereocenters. The lowest BCUT2D eigenvalue weighted by Crippen LogP contribution is -2.12. The standard InChI is InChI=1S/C12H12FNO2/c1-14-5-4-9-6-8(2-3-11(9)14)7-10(13)12(15)16/h2-3,6-7H,4-5H2,1H3,(H,15,16). The van der Waals surface area contributed by atoms with Crippen molar-refractivity contribution >= 4 is 17.7 Å². The number of hydrogen-bond donors (Lipinski definition) is 1. The summed E-state index contributed by atoms with van der Waals surface area (Å²) in [5.74, 6) is -2.66. The zero-order chi connectivity index (χ0) is 11.7. The van der Waals surface area contributed by atoms with Crippen molar-refractivity contribution in [3.05, 3.63) is 35.2 Å². The minimum Gasteiger partial charge on any atom is -0.476 e. The van der Waals surface area contributed by atoms with Crippen molar-refractivity contribution in [2.45, 2.75) is 6.42 Å². The monoisotopic (exact) mass is 221 g/mol. The predicted octanol–water partition coefficient (Wildman–Crippen LogP) is 2.07. The SMILES string of the molecule is CN1CCc2cc(C=C(F)C(=O)O)ccc21. The molecular weight excluding hydrogens is 209 g/mol. The Bertz CT molecular complexity index is 468. The molecule has 0 saturated carbocycles. The van der Waals surface area contributed by atoms with Crippen LogP contribution in [0.15, 0.2) is 24.0 Å². The number of likely N-dealkylation sites (N-methyl/N-ethyl adjacent to an activating group) is 1. The summed E-state index contributed by atoms with van der Waals surface area (Å²) in [6.07, 6.45) is 1.96. The molecule has 16 heavy (non-hydrogen) atoms. The van der Waals surface area contributed by atoms with E-state index in [-0.39, 0.29) is 0 Å². The highest BCUT2D eigenvalue weighted by molar-refractivity contribution is 5.89. The fraction of sp³-hybridized carbons (Fsp3) is 0.250. The third-order valence-electron chi connectivity index (χ3n) is 2.73. The maximum atomic E-state index is 12.9. The van der Waals surface area contributed by atoms with Crippen LogP contribution in [-0.4, -0.2) is 24.7 Å². The molecule has 4 heteroatoms. The topological polar surface area (TPSA) is 40.5 Å². The van der Waals surface area contributed by atoms with Crippen molar-refractivity contribution in [3.63, 3.8) is 0 Å². The molecule has 1 aromatic carbocycles. The molecule has 0 saturated heterocycles. The summed E-state index contributed by atoms with van der Waals surface area (Å²) in [5, 5.41) is 8.43. The number of nitrogens with zero attached hydrogens (tertiary/aromatic N) is 1. The van der Waals surface area contributed by atoms with Gasteiger partial charge in [0.2, 0.25) is 5.83 Å². The molecule has 0 fully saturated rings. The quantitative estimate of drug-likeness (QED) is 0.777. The van der Waals surface area contributed by atoms with Crippen LogP contribution in [0.4, 0.5) is 10.1 Å². The molecule has 0 bridgehead atoms. The van der Waals surface area contributed by atoms with Gasteiger partial charge in [-0.15, -0.1) is 0 Å². The lowest BCUT2D eigenvalue weighted by Gasteiger charge is -2.11. The van der Waals surface area contributed by atoms with Crippen LogP contribution < -0.4 is 4.90 Å². The van der Waals surface area contributed by atoms with Crippen molar-refractivity contribution in [2.24, 2.45) is 0 Å². The molecule has 1 N–H and O–H groups in total. The third kappa shape index (κ3) is 1.91. The van der Waals surface area contributed by atoms with Crippen LogP contribution in [-0.2, 0) is 11.2 Å². The first-order valence-corrected chi connectivity index (χ1v) is 5.02. The highest BCUT2D eigenvalue weighted by atomic mass is 19.1. The molecule has 0 unspecified atom stereocenters. The van der Waals surface area contributed by atoms with Gasteiger partial charge >= 0.3 is 5.97 Å². The minimum absolute atomic E-state index is 0.592. The summed E-state index contributed by atoms with van der Waals surface area (Å²) in [4.78, 5) is 12.5. The number of carboxylic acid groups (broad SMARTS) is 1. The number of aliphatic carboxylic acids is 1. The maximum absolute atomic E-state index is 12.9. The van der Waals surface area contributed by atoms with Crippen LogP contribution in [0.1, 0.15) is 11.1 Å². The number of anilines is 1. The van der Waals surface area contributed by atoms with E-state index in [1.54, 1.807) is 6.07 Å². The second-order valence-electron chi connectivity index (χ2n) is 3.86. The first-order valence-electron chi connectivity index (χ1n) is 5.02. The maximum Gasteiger partial charge on any atom is 0.364 e. The first kappa shape index (κ1) is 10.7. The van der Waals surface area contributed by atoms with Crippen LogP contribution in [0.25, 0.3) is 6.08 Å². The Labute approximate surface area is 92.8 Å². The summed E-state index contributed by atoms with van der Waals surface area (Å²) in [5.41, 5.74) is 2.86. The van der Waals surface area contributed by atoms with E-state index in [1.165, 1.54) is 0 Å². The van der Waals surface area contributed by atoms with Crippen molar-refractivity contribution in [2.75, 3.05) is 18.5 Å². The summed E-state index contributed by atoms with van der Waals surface area (Å²) in [6, 6.07) is 5.45. The van der Waals surface area contributed by atoms with E-state index in [1.807, 2.05) is 19.2 Å². The molecule has 84 valence electrons. The molecule has 1 aromatic rings. The molecule has 0 amide bonds.